The van der Waals surface area contributed by atoms with Crippen LogP contribution in [0.1, 0.15) is 25.5 Å². The summed E-state index contributed by atoms with van der Waals surface area (Å²) < 4.78 is 5.80. The fourth-order valence-corrected chi connectivity index (χ4v) is 2.13. The topological polar surface area (TPSA) is 52.3 Å². The van der Waals surface area contributed by atoms with E-state index in [0.717, 1.165) is 10.0 Å². The fraction of sp³-hybridized carbons (Fsp3) is 0.462. The lowest BCUT2D eigenvalue weighted by molar-refractivity contribution is -0.147. The highest BCUT2D eigenvalue weighted by atomic mass is 79.9. The van der Waals surface area contributed by atoms with Crippen molar-refractivity contribution in [3.8, 4) is 0 Å². The molecule has 0 heterocycles. The Balaban J connectivity index is 2.95. The lowest BCUT2D eigenvalue weighted by Crippen LogP contribution is -2.33. The molecular formula is C13H18BrNO2. The molecule has 0 radical (unpaired) electrons. The molecule has 2 unspecified atom stereocenters. The molecule has 0 aliphatic rings. The van der Waals surface area contributed by atoms with E-state index in [9.17, 15) is 4.79 Å². The van der Waals surface area contributed by atoms with Crippen molar-refractivity contribution >= 4 is 21.9 Å². The summed E-state index contributed by atoms with van der Waals surface area (Å²) in [5, 5.41) is 0. The second-order valence-corrected chi connectivity index (χ2v) is 5.29. The van der Waals surface area contributed by atoms with Crippen LogP contribution in [0.5, 0.6) is 0 Å². The molecule has 17 heavy (non-hydrogen) atoms. The van der Waals surface area contributed by atoms with Gasteiger partial charge in [0.1, 0.15) is 0 Å². The van der Waals surface area contributed by atoms with E-state index in [4.69, 9.17) is 10.5 Å². The van der Waals surface area contributed by atoms with Crippen molar-refractivity contribution in [3.63, 3.8) is 0 Å². The Kier molecular flexibility index (Phi) is 5.15. The Morgan fingerprint density at radius 1 is 1.29 bits per heavy atom. The summed E-state index contributed by atoms with van der Waals surface area (Å²) in [5.41, 5.74) is 7.09. The Labute approximate surface area is 110 Å². The molecule has 2 atom stereocenters. The van der Waals surface area contributed by atoms with Crippen molar-refractivity contribution in [1.82, 2.24) is 0 Å². The number of ether oxygens (including phenoxy) is 1. The lowest BCUT2D eigenvalue weighted by atomic mass is 9.85. The van der Waals surface area contributed by atoms with E-state index in [0.29, 0.717) is 0 Å². The molecule has 1 aromatic carbocycles. The number of carbonyl (C=O) groups is 1. The monoisotopic (exact) mass is 299 g/mol. The van der Waals surface area contributed by atoms with Gasteiger partial charge in [0.15, 0.2) is 0 Å². The molecule has 4 heteroatoms. The van der Waals surface area contributed by atoms with Crippen molar-refractivity contribution in [2.45, 2.75) is 19.9 Å². The SMILES string of the molecule is COC(=O)C(C(C)C)C(N)c1ccc(Br)cc1. The van der Waals surface area contributed by atoms with Gasteiger partial charge in [-0.25, -0.2) is 0 Å². The first kappa shape index (κ1) is 14.2. The average molecular weight is 300 g/mol. The van der Waals surface area contributed by atoms with Gasteiger partial charge >= 0.3 is 5.97 Å². The van der Waals surface area contributed by atoms with Crippen molar-refractivity contribution in [2.75, 3.05) is 7.11 Å². The van der Waals surface area contributed by atoms with Crippen LogP contribution in [-0.2, 0) is 9.53 Å². The second kappa shape index (κ2) is 6.17. The van der Waals surface area contributed by atoms with Crippen LogP contribution in [0.15, 0.2) is 28.7 Å². The van der Waals surface area contributed by atoms with E-state index < -0.39 is 0 Å². The quantitative estimate of drug-likeness (QED) is 0.870. The zero-order valence-electron chi connectivity index (χ0n) is 10.3. The number of hydrogen-bond acceptors (Lipinski definition) is 3. The smallest absolute Gasteiger partial charge is 0.310 e. The largest absolute Gasteiger partial charge is 0.469 e. The minimum absolute atomic E-state index is 0.140. The normalized spacial score (nSPS) is 14.5. The van der Waals surface area contributed by atoms with Gasteiger partial charge in [-0.05, 0) is 23.6 Å². The first-order chi connectivity index (χ1) is 7.97. The molecule has 3 nitrogen and oxygen atoms in total. The van der Waals surface area contributed by atoms with Crippen molar-refractivity contribution < 1.29 is 9.53 Å². The second-order valence-electron chi connectivity index (χ2n) is 4.37. The third-order valence-corrected chi connectivity index (χ3v) is 3.36. The molecule has 0 aliphatic heterocycles. The van der Waals surface area contributed by atoms with E-state index in [1.807, 2.05) is 38.1 Å². The standard InChI is InChI=1S/C13H18BrNO2/c1-8(2)11(13(16)17-3)12(15)9-4-6-10(14)7-5-9/h4-8,11-12H,15H2,1-3H3. The van der Waals surface area contributed by atoms with Crippen LogP contribution < -0.4 is 5.73 Å². The van der Waals surface area contributed by atoms with Crippen molar-refractivity contribution in [3.05, 3.63) is 34.3 Å². The molecule has 2 N–H and O–H groups in total. The molecule has 0 amide bonds. The molecule has 0 spiro atoms. The first-order valence-electron chi connectivity index (χ1n) is 5.56. The molecule has 0 fully saturated rings. The van der Waals surface area contributed by atoms with Crippen molar-refractivity contribution in [2.24, 2.45) is 17.6 Å². The van der Waals surface area contributed by atoms with E-state index in [2.05, 4.69) is 15.9 Å². The van der Waals surface area contributed by atoms with Gasteiger partial charge in [0.05, 0.1) is 13.0 Å². The molecule has 0 bridgehead atoms. The predicted molar refractivity (Wildman–Crippen MR) is 71.4 cm³/mol. The van der Waals surface area contributed by atoms with E-state index in [1.54, 1.807) is 0 Å². The van der Waals surface area contributed by atoms with E-state index >= 15 is 0 Å². The average Bonchev–Trinajstić information content (AvgIpc) is 2.29. The van der Waals surface area contributed by atoms with Gasteiger partial charge in [-0.3, -0.25) is 4.79 Å². The highest BCUT2D eigenvalue weighted by molar-refractivity contribution is 9.10. The first-order valence-corrected chi connectivity index (χ1v) is 6.35. The Bertz CT molecular complexity index is 376. The number of halogens is 1. The summed E-state index contributed by atoms with van der Waals surface area (Å²) in [5.74, 6) is -0.433. The summed E-state index contributed by atoms with van der Waals surface area (Å²) in [4.78, 5) is 11.7. The van der Waals surface area contributed by atoms with Crippen LogP contribution in [0, 0.1) is 11.8 Å². The number of carbonyl (C=O) groups excluding carboxylic acids is 1. The van der Waals surface area contributed by atoms with Gasteiger partial charge in [0.25, 0.3) is 0 Å². The third kappa shape index (κ3) is 3.54. The van der Waals surface area contributed by atoms with Crippen LogP contribution >= 0.6 is 15.9 Å². The number of rotatable bonds is 4. The maximum atomic E-state index is 11.7. The van der Waals surface area contributed by atoms with Crippen LogP contribution in [0.25, 0.3) is 0 Å². The third-order valence-electron chi connectivity index (χ3n) is 2.83. The highest BCUT2D eigenvalue weighted by Crippen LogP contribution is 2.28. The molecule has 1 aromatic rings. The minimum atomic E-state index is -0.337. The van der Waals surface area contributed by atoms with Gasteiger partial charge in [-0.15, -0.1) is 0 Å². The fourth-order valence-electron chi connectivity index (χ4n) is 1.86. The Hall–Kier alpha value is -0.870. The van der Waals surface area contributed by atoms with Gasteiger partial charge in [-0.1, -0.05) is 41.9 Å². The van der Waals surface area contributed by atoms with Crippen molar-refractivity contribution in [1.29, 1.82) is 0 Å². The Morgan fingerprint density at radius 2 is 1.82 bits per heavy atom. The van der Waals surface area contributed by atoms with Gasteiger partial charge in [0.2, 0.25) is 0 Å². The maximum Gasteiger partial charge on any atom is 0.310 e. The molecular weight excluding hydrogens is 282 g/mol. The number of benzene rings is 1. The minimum Gasteiger partial charge on any atom is -0.469 e. The van der Waals surface area contributed by atoms with Crippen LogP contribution in [0.3, 0.4) is 0 Å². The highest BCUT2D eigenvalue weighted by Gasteiger charge is 2.30. The van der Waals surface area contributed by atoms with Crippen LogP contribution in [0.2, 0.25) is 0 Å². The maximum absolute atomic E-state index is 11.7. The van der Waals surface area contributed by atoms with Gasteiger partial charge < -0.3 is 10.5 Å². The number of nitrogens with two attached hydrogens (primary N) is 1. The number of methoxy groups -OCH3 is 1. The van der Waals surface area contributed by atoms with Crippen LogP contribution in [0.4, 0.5) is 0 Å². The van der Waals surface area contributed by atoms with Crippen LogP contribution in [-0.4, -0.2) is 13.1 Å². The molecule has 0 saturated carbocycles. The summed E-state index contributed by atoms with van der Waals surface area (Å²) >= 11 is 3.37. The van der Waals surface area contributed by atoms with E-state index in [1.165, 1.54) is 7.11 Å². The summed E-state index contributed by atoms with van der Waals surface area (Å²) in [6, 6.07) is 7.35. The number of hydrogen-bond donors (Lipinski definition) is 1. The van der Waals surface area contributed by atoms with E-state index in [-0.39, 0.29) is 23.8 Å². The molecule has 94 valence electrons. The van der Waals surface area contributed by atoms with Gasteiger partial charge in [-0.2, -0.15) is 0 Å². The summed E-state index contributed by atoms with van der Waals surface area (Å²) in [7, 11) is 1.39. The zero-order chi connectivity index (χ0) is 13.0. The lowest BCUT2D eigenvalue weighted by Gasteiger charge is -2.25. The summed E-state index contributed by atoms with van der Waals surface area (Å²) in [6.07, 6.45) is 0. The molecule has 0 aliphatic carbocycles. The molecule has 0 aromatic heterocycles. The van der Waals surface area contributed by atoms with Gasteiger partial charge in [0, 0.05) is 10.5 Å². The number of esters is 1. The molecule has 0 saturated heterocycles. The molecule has 1 rings (SSSR count). The predicted octanol–water partition coefficient (Wildman–Crippen LogP) is 2.89. The zero-order valence-corrected chi connectivity index (χ0v) is 11.9. The Morgan fingerprint density at radius 3 is 2.24 bits per heavy atom. The summed E-state index contributed by atoms with van der Waals surface area (Å²) in [6.45, 7) is 3.95.